The van der Waals surface area contributed by atoms with Gasteiger partial charge >= 0.3 is 0 Å². The highest BCUT2D eigenvalue weighted by molar-refractivity contribution is 14.1. The van der Waals surface area contributed by atoms with Crippen LogP contribution < -0.4 is 0 Å². The van der Waals surface area contributed by atoms with Gasteiger partial charge in [-0.3, -0.25) is 4.76 Å². The molecule has 0 rings (SSSR count). The minimum absolute atomic E-state index is 0.872. The Morgan fingerprint density at radius 3 is 3.00 bits per heavy atom. The quantitative estimate of drug-likeness (QED) is 0.363. The largest absolute Gasteiger partial charge is 0.262 e. The van der Waals surface area contributed by atoms with Crippen LogP contribution in [-0.4, -0.2) is 5.50 Å². The first-order valence-electron chi connectivity index (χ1n) is 1.38. The second-order valence-corrected chi connectivity index (χ2v) is 2.04. The fourth-order valence-corrected chi connectivity index (χ4v) is 1.52. The van der Waals surface area contributed by atoms with Gasteiger partial charge in [0, 0.05) is 8.37 Å². The first-order chi connectivity index (χ1) is 2.77. The average molecular weight is 220 g/mol. The third-order valence-electron chi connectivity index (χ3n) is 0.110. The molecule has 0 fully saturated rings. The lowest BCUT2D eigenvalue weighted by molar-refractivity contribution is 2.04. The van der Waals surface area contributed by atoms with E-state index in [0.717, 1.165) is 0 Å². The van der Waals surface area contributed by atoms with E-state index in [1.165, 1.54) is 0 Å². The lowest BCUT2D eigenvalue weighted by Crippen LogP contribution is -1.30. The van der Waals surface area contributed by atoms with Crippen molar-refractivity contribution in [2.24, 2.45) is 4.76 Å². The van der Waals surface area contributed by atoms with E-state index in [1.807, 2.05) is 22.6 Å². The van der Waals surface area contributed by atoms with Crippen molar-refractivity contribution in [2.45, 2.75) is 0 Å². The highest BCUT2D eigenvalue weighted by Crippen LogP contribution is 2.20. The van der Waals surface area contributed by atoms with Crippen LogP contribution in [-0.2, 0) is 0 Å². The van der Waals surface area contributed by atoms with Crippen molar-refractivity contribution in [2.75, 3.05) is 0 Å². The molecule has 1 nitrogen and oxygen atoms in total. The SMILES string of the molecule is [2H]P(P)N=CI. The molecule has 0 aromatic carbocycles. The Hall–Kier alpha value is 1.26. The summed E-state index contributed by atoms with van der Waals surface area (Å²) >= 11 is 1.99. The molecule has 0 amide bonds. The normalized spacial score (nSPS) is 19.2. The van der Waals surface area contributed by atoms with E-state index >= 15 is 0 Å². The van der Waals surface area contributed by atoms with Crippen molar-refractivity contribution in [3.63, 3.8) is 0 Å². The molecule has 0 radical (unpaired) electrons. The van der Waals surface area contributed by atoms with Crippen molar-refractivity contribution >= 4 is 44.1 Å². The highest BCUT2D eigenvalue weighted by atomic mass is 127. The second-order valence-electron chi connectivity index (χ2n) is 0.329. The minimum Gasteiger partial charge on any atom is -0.262 e. The molecule has 0 aliphatic heterocycles. The van der Waals surface area contributed by atoms with E-state index in [1.54, 1.807) is 4.22 Å². The highest BCUT2D eigenvalue weighted by Gasteiger charge is 1.51. The molecular weight excluding hydrogens is 215 g/mol. The van der Waals surface area contributed by atoms with E-state index in [-0.39, 0.29) is 0 Å². The Morgan fingerprint density at radius 1 is 2.40 bits per heavy atom. The summed E-state index contributed by atoms with van der Waals surface area (Å²) in [5, 5.41) is 0. The van der Waals surface area contributed by atoms with Gasteiger partial charge < -0.3 is 0 Å². The van der Waals surface area contributed by atoms with E-state index in [2.05, 4.69) is 13.7 Å². The van der Waals surface area contributed by atoms with E-state index in [9.17, 15) is 0 Å². The topological polar surface area (TPSA) is 12.4 Å². The number of halogens is 1. The molecule has 30 valence electrons. The van der Waals surface area contributed by atoms with Gasteiger partial charge in [-0.1, -0.05) is 8.93 Å². The molecule has 5 heavy (non-hydrogen) atoms. The van der Waals surface area contributed by atoms with Crippen molar-refractivity contribution in [3.05, 3.63) is 0 Å². The summed E-state index contributed by atoms with van der Waals surface area (Å²) in [7, 11) is 1.44. The van der Waals surface area contributed by atoms with Crippen LogP contribution in [0.4, 0.5) is 0 Å². The molecule has 0 bridgehead atoms. The third kappa shape index (κ3) is 5.26. The Kier molecular flexibility index (Phi) is 4.65. The standard InChI is InChI=1S/CH4INP2/c2-1-3-5-4/h1,5H,4H2/i5D. The Balaban J connectivity index is 3.03. The van der Waals surface area contributed by atoms with Crippen molar-refractivity contribution in [1.82, 2.24) is 0 Å². The monoisotopic (exact) mass is 220 g/mol. The van der Waals surface area contributed by atoms with Crippen LogP contribution in [0.15, 0.2) is 4.76 Å². The number of rotatable bonds is 1. The summed E-state index contributed by atoms with van der Waals surface area (Å²) in [6, 6.07) is 0. The van der Waals surface area contributed by atoms with Crippen molar-refractivity contribution in [1.29, 1.82) is 1.28 Å². The summed E-state index contributed by atoms with van der Waals surface area (Å²) in [6.45, 7) is 0. The van der Waals surface area contributed by atoms with E-state index in [0.29, 0.717) is 0 Å². The van der Waals surface area contributed by atoms with Crippen LogP contribution in [0.3, 0.4) is 0 Å². The van der Waals surface area contributed by atoms with Crippen LogP contribution in [0.25, 0.3) is 0 Å². The maximum Gasteiger partial charge on any atom is 0.0875 e. The van der Waals surface area contributed by atoms with Crippen molar-refractivity contribution in [3.8, 4) is 0 Å². The summed E-state index contributed by atoms with van der Waals surface area (Å²) < 4.78 is 12.1. The van der Waals surface area contributed by atoms with Crippen LogP contribution in [0.2, 0.25) is 0 Å². The van der Waals surface area contributed by atoms with Crippen LogP contribution in [0, 0.1) is 0 Å². The molecule has 4 heteroatoms. The molecule has 2 atom stereocenters. The maximum atomic E-state index is 6.80. The van der Waals surface area contributed by atoms with Crippen LogP contribution >= 0.6 is 39.9 Å². The summed E-state index contributed by atoms with van der Waals surface area (Å²) in [5.74, 6) is 0. The predicted octanol–water partition coefficient (Wildman–Crippen LogP) is 1.83. The van der Waals surface area contributed by atoms with Crippen molar-refractivity contribution < 1.29 is 0 Å². The van der Waals surface area contributed by atoms with Crippen LogP contribution in [0.1, 0.15) is 0 Å². The lowest BCUT2D eigenvalue weighted by atomic mass is 11.8. The molecule has 0 aliphatic rings. The molecule has 0 aromatic rings. The maximum absolute atomic E-state index is 6.80. The summed E-state index contributed by atoms with van der Waals surface area (Å²) in [6.07, 6.45) is 0. The smallest absolute Gasteiger partial charge is 0.0875 e. The van der Waals surface area contributed by atoms with Gasteiger partial charge in [0.05, 0.1) is 5.50 Å². The minimum atomic E-state index is -0.872. The first kappa shape index (κ1) is 4.42. The fourth-order valence-electron chi connectivity index (χ4n) is 0.0252. The molecular formula is CH4INP2. The van der Waals surface area contributed by atoms with Gasteiger partial charge in [0.1, 0.15) is 0 Å². The van der Waals surface area contributed by atoms with E-state index in [4.69, 9.17) is 1.28 Å². The third-order valence-corrected chi connectivity index (χ3v) is 1.48. The zero-order valence-electron chi connectivity index (χ0n) is 3.43. The molecule has 0 N–H and O–H groups in total. The molecule has 0 saturated heterocycles. The lowest BCUT2D eigenvalue weighted by Gasteiger charge is -1.66. The van der Waals surface area contributed by atoms with Gasteiger partial charge in [0.2, 0.25) is 0 Å². The zero-order chi connectivity index (χ0) is 4.99. The number of hydrogen-bond acceptors (Lipinski definition) is 1. The van der Waals surface area contributed by atoms with Gasteiger partial charge in [-0.25, -0.2) is 0 Å². The van der Waals surface area contributed by atoms with Crippen LogP contribution in [0.5, 0.6) is 0 Å². The molecule has 0 saturated carbocycles. The Morgan fingerprint density at radius 2 is 3.00 bits per heavy atom. The molecule has 0 aliphatic carbocycles. The van der Waals surface area contributed by atoms with Gasteiger partial charge in [-0.2, -0.15) is 0 Å². The van der Waals surface area contributed by atoms with Gasteiger partial charge in [0.25, 0.3) is 0 Å². The van der Waals surface area contributed by atoms with Gasteiger partial charge in [-0.05, 0) is 22.6 Å². The molecule has 0 spiro atoms. The summed E-state index contributed by atoms with van der Waals surface area (Å²) in [5.41, 5.74) is 0. The Bertz CT molecular complexity index is 55.5. The molecule has 0 heterocycles. The second kappa shape index (κ2) is 5.26. The fraction of sp³-hybridized carbons (Fsp3) is 0. The van der Waals surface area contributed by atoms with Gasteiger partial charge in [0.15, 0.2) is 0 Å². The predicted molar refractivity (Wildman–Crippen MR) is 40.5 cm³/mol. The average Bonchev–Trinajstić information content (AvgIpc) is 1.35. The molecule has 2 unspecified atom stereocenters. The zero-order valence-corrected chi connectivity index (χ0v) is 6.63. The number of nitrogens with zero attached hydrogens (tertiary/aromatic N) is 1. The first-order valence-corrected chi connectivity index (χ1v) is 4.65. The summed E-state index contributed by atoms with van der Waals surface area (Å²) in [4.78, 5) is 0. The van der Waals surface area contributed by atoms with Gasteiger partial charge in [-0.15, -0.1) is 0 Å². The number of hydrogen-bond donors (Lipinski definition) is 0. The van der Waals surface area contributed by atoms with E-state index < -0.39 is 8.37 Å². The Labute approximate surface area is 50.4 Å². The molecule has 0 aromatic heterocycles.